The van der Waals surface area contributed by atoms with Crippen LogP contribution < -0.4 is 0 Å². The zero-order valence-electron chi connectivity index (χ0n) is 9.49. The molecule has 2 heteroatoms. The SMILES string of the molecule is C=C(C)C(C#Cc1ccccc1)OC(C)=O. The molecule has 0 aromatic heterocycles. The first-order chi connectivity index (χ1) is 7.59. The number of esters is 1. The summed E-state index contributed by atoms with van der Waals surface area (Å²) in [6, 6.07) is 9.54. The van der Waals surface area contributed by atoms with Crippen molar-refractivity contribution in [3.05, 3.63) is 48.0 Å². The first-order valence-corrected chi connectivity index (χ1v) is 4.99. The van der Waals surface area contributed by atoms with Gasteiger partial charge in [0.1, 0.15) is 0 Å². The molecule has 0 saturated heterocycles. The van der Waals surface area contributed by atoms with Crippen molar-refractivity contribution in [3.8, 4) is 11.8 Å². The Morgan fingerprint density at radius 2 is 1.94 bits per heavy atom. The number of benzene rings is 1. The van der Waals surface area contributed by atoms with Crippen LogP contribution in [0, 0.1) is 11.8 Å². The van der Waals surface area contributed by atoms with Crippen LogP contribution in [0.3, 0.4) is 0 Å². The molecule has 1 rings (SSSR count). The number of carbonyl (C=O) groups is 1. The Balaban J connectivity index is 2.80. The van der Waals surface area contributed by atoms with Crippen LogP contribution in [0.2, 0.25) is 0 Å². The Bertz CT molecular complexity index is 435. The minimum absolute atomic E-state index is 0.352. The highest BCUT2D eigenvalue weighted by Gasteiger charge is 2.08. The van der Waals surface area contributed by atoms with Crippen molar-refractivity contribution in [1.82, 2.24) is 0 Å². The van der Waals surface area contributed by atoms with Gasteiger partial charge in [-0.2, -0.15) is 0 Å². The molecule has 16 heavy (non-hydrogen) atoms. The predicted octanol–water partition coefficient (Wildman–Crippen LogP) is 2.55. The molecule has 0 fully saturated rings. The quantitative estimate of drug-likeness (QED) is 0.429. The molecular formula is C14H14O2. The molecule has 0 aliphatic carbocycles. The van der Waals surface area contributed by atoms with Crippen LogP contribution in [0.1, 0.15) is 19.4 Å². The molecule has 0 spiro atoms. The van der Waals surface area contributed by atoms with Gasteiger partial charge < -0.3 is 4.74 Å². The van der Waals surface area contributed by atoms with Crippen LogP contribution in [0.4, 0.5) is 0 Å². The third-order valence-electron chi connectivity index (χ3n) is 1.85. The Morgan fingerprint density at radius 3 is 2.44 bits per heavy atom. The highest BCUT2D eigenvalue weighted by atomic mass is 16.5. The third-order valence-corrected chi connectivity index (χ3v) is 1.85. The molecule has 0 bridgehead atoms. The highest BCUT2D eigenvalue weighted by molar-refractivity contribution is 5.67. The minimum atomic E-state index is -0.530. The molecule has 0 amide bonds. The summed E-state index contributed by atoms with van der Waals surface area (Å²) in [4.78, 5) is 10.8. The van der Waals surface area contributed by atoms with Gasteiger partial charge in [0, 0.05) is 12.5 Å². The van der Waals surface area contributed by atoms with Crippen LogP contribution in [0.25, 0.3) is 0 Å². The maximum atomic E-state index is 10.8. The topological polar surface area (TPSA) is 26.3 Å². The Kier molecular flexibility index (Phi) is 4.35. The number of ether oxygens (including phenoxy) is 1. The summed E-state index contributed by atoms with van der Waals surface area (Å²) in [5.41, 5.74) is 1.61. The molecule has 1 aromatic carbocycles. The zero-order valence-corrected chi connectivity index (χ0v) is 9.49. The normalized spacial score (nSPS) is 10.9. The van der Waals surface area contributed by atoms with Crippen molar-refractivity contribution >= 4 is 5.97 Å². The lowest BCUT2D eigenvalue weighted by Gasteiger charge is -2.09. The van der Waals surface area contributed by atoms with Crippen molar-refractivity contribution in [2.24, 2.45) is 0 Å². The summed E-state index contributed by atoms with van der Waals surface area (Å²) in [7, 11) is 0. The van der Waals surface area contributed by atoms with Gasteiger partial charge >= 0.3 is 5.97 Å². The second-order valence-corrected chi connectivity index (χ2v) is 3.47. The predicted molar refractivity (Wildman–Crippen MR) is 63.7 cm³/mol. The lowest BCUT2D eigenvalue weighted by Crippen LogP contribution is -2.14. The first-order valence-electron chi connectivity index (χ1n) is 4.99. The van der Waals surface area contributed by atoms with Crippen molar-refractivity contribution in [3.63, 3.8) is 0 Å². The Morgan fingerprint density at radius 1 is 1.31 bits per heavy atom. The summed E-state index contributed by atoms with van der Waals surface area (Å²) in [6.45, 7) is 6.89. The first kappa shape index (κ1) is 12.1. The summed E-state index contributed by atoms with van der Waals surface area (Å²) in [5.74, 6) is 5.47. The summed E-state index contributed by atoms with van der Waals surface area (Å²) in [6.07, 6.45) is -0.530. The van der Waals surface area contributed by atoms with E-state index in [1.54, 1.807) is 6.92 Å². The van der Waals surface area contributed by atoms with E-state index in [2.05, 4.69) is 18.4 Å². The molecule has 1 aromatic rings. The van der Waals surface area contributed by atoms with E-state index in [0.29, 0.717) is 0 Å². The number of hydrogen-bond donors (Lipinski definition) is 0. The number of rotatable bonds is 2. The summed E-state index contributed by atoms with van der Waals surface area (Å²) in [5, 5.41) is 0. The van der Waals surface area contributed by atoms with Crippen LogP contribution in [-0.2, 0) is 9.53 Å². The van der Waals surface area contributed by atoms with Crippen LogP contribution >= 0.6 is 0 Å². The standard InChI is InChI=1S/C14H14O2/c1-11(2)14(16-12(3)15)10-9-13-7-5-4-6-8-13/h4-8,14H,1H2,2-3H3. The molecule has 0 saturated carbocycles. The minimum Gasteiger partial charge on any atom is -0.445 e. The largest absolute Gasteiger partial charge is 0.445 e. The van der Waals surface area contributed by atoms with Gasteiger partial charge in [0.05, 0.1) is 0 Å². The van der Waals surface area contributed by atoms with Gasteiger partial charge in [0.15, 0.2) is 6.10 Å². The molecule has 1 unspecified atom stereocenters. The summed E-state index contributed by atoms with van der Waals surface area (Å²) >= 11 is 0. The molecular weight excluding hydrogens is 200 g/mol. The maximum absolute atomic E-state index is 10.8. The van der Waals surface area contributed by atoms with Crippen molar-refractivity contribution in [2.75, 3.05) is 0 Å². The molecule has 0 heterocycles. The second kappa shape index (κ2) is 5.77. The van der Waals surface area contributed by atoms with Crippen molar-refractivity contribution in [1.29, 1.82) is 0 Å². The van der Waals surface area contributed by atoms with E-state index in [9.17, 15) is 4.79 Å². The van der Waals surface area contributed by atoms with E-state index in [1.165, 1.54) is 6.92 Å². The number of hydrogen-bond acceptors (Lipinski definition) is 2. The maximum Gasteiger partial charge on any atom is 0.304 e. The number of carbonyl (C=O) groups excluding carboxylic acids is 1. The van der Waals surface area contributed by atoms with Crippen molar-refractivity contribution in [2.45, 2.75) is 20.0 Å². The molecule has 0 radical (unpaired) electrons. The molecule has 2 nitrogen and oxygen atoms in total. The fourth-order valence-corrected chi connectivity index (χ4v) is 1.09. The monoisotopic (exact) mass is 214 g/mol. The Labute approximate surface area is 95.9 Å². The van der Waals surface area contributed by atoms with Crippen molar-refractivity contribution < 1.29 is 9.53 Å². The molecule has 0 aliphatic rings. The fraction of sp³-hybridized carbons (Fsp3) is 0.214. The third kappa shape index (κ3) is 4.02. The lowest BCUT2D eigenvalue weighted by molar-refractivity contribution is -0.142. The average Bonchev–Trinajstić information content (AvgIpc) is 2.25. The lowest BCUT2D eigenvalue weighted by atomic mass is 10.1. The van der Waals surface area contributed by atoms with E-state index >= 15 is 0 Å². The van der Waals surface area contributed by atoms with E-state index in [0.717, 1.165) is 11.1 Å². The molecule has 0 aliphatic heterocycles. The second-order valence-electron chi connectivity index (χ2n) is 3.47. The smallest absolute Gasteiger partial charge is 0.304 e. The van der Waals surface area contributed by atoms with Crippen LogP contribution in [0.15, 0.2) is 42.5 Å². The van der Waals surface area contributed by atoms with E-state index in [1.807, 2.05) is 30.3 Å². The van der Waals surface area contributed by atoms with Crippen LogP contribution in [0.5, 0.6) is 0 Å². The van der Waals surface area contributed by atoms with Gasteiger partial charge in [0.2, 0.25) is 0 Å². The van der Waals surface area contributed by atoms with E-state index in [4.69, 9.17) is 4.74 Å². The fourth-order valence-electron chi connectivity index (χ4n) is 1.09. The van der Waals surface area contributed by atoms with Gasteiger partial charge in [-0.1, -0.05) is 30.7 Å². The van der Waals surface area contributed by atoms with Gasteiger partial charge in [-0.15, -0.1) is 0 Å². The van der Waals surface area contributed by atoms with E-state index in [-0.39, 0.29) is 5.97 Å². The van der Waals surface area contributed by atoms with Gasteiger partial charge in [0.25, 0.3) is 0 Å². The molecule has 1 atom stereocenters. The van der Waals surface area contributed by atoms with Gasteiger partial charge in [-0.05, 0) is 30.6 Å². The average molecular weight is 214 g/mol. The van der Waals surface area contributed by atoms with Crippen LogP contribution in [-0.4, -0.2) is 12.1 Å². The molecule has 82 valence electrons. The van der Waals surface area contributed by atoms with Gasteiger partial charge in [-0.25, -0.2) is 0 Å². The van der Waals surface area contributed by atoms with E-state index < -0.39 is 6.10 Å². The van der Waals surface area contributed by atoms with Gasteiger partial charge in [-0.3, -0.25) is 4.79 Å². The highest BCUT2D eigenvalue weighted by Crippen LogP contribution is 2.04. The zero-order chi connectivity index (χ0) is 12.0. The Hall–Kier alpha value is -2.01. The molecule has 0 N–H and O–H groups in total. The summed E-state index contributed by atoms with van der Waals surface area (Å²) < 4.78 is 5.02.